The molecule has 0 bridgehead atoms. The van der Waals surface area contributed by atoms with E-state index in [4.69, 9.17) is 0 Å². The van der Waals surface area contributed by atoms with E-state index < -0.39 is 0 Å². The van der Waals surface area contributed by atoms with Gasteiger partial charge < -0.3 is 0 Å². The fraction of sp³-hybridized carbons (Fsp3) is 0.200. The summed E-state index contributed by atoms with van der Waals surface area (Å²) in [7, 11) is 0. The van der Waals surface area contributed by atoms with Crippen LogP contribution >= 0.6 is 0 Å². The summed E-state index contributed by atoms with van der Waals surface area (Å²) < 4.78 is 0. The Morgan fingerprint density at radius 2 is 0.818 bits per heavy atom. The molecule has 0 saturated heterocycles. The zero-order valence-electron chi connectivity index (χ0n) is 6.61. The van der Waals surface area contributed by atoms with Crippen molar-refractivity contribution in [2.24, 2.45) is 0 Å². The summed E-state index contributed by atoms with van der Waals surface area (Å²) in [5.41, 5.74) is 0. The number of hydrogen-bond donors (Lipinski definition) is 0. The molecule has 11 heavy (non-hydrogen) atoms. The average Bonchev–Trinajstić information content (AvgIpc) is 2.67. The molecule has 0 aromatic heterocycles. The van der Waals surface area contributed by atoms with Gasteiger partial charge >= 0.3 is 0 Å². The van der Waals surface area contributed by atoms with Crippen LogP contribution in [0.1, 0.15) is 12.8 Å². The normalized spacial score (nSPS) is 16.0. The second-order valence-electron chi connectivity index (χ2n) is 2.18. The second-order valence-corrected chi connectivity index (χ2v) is 2.18. The SMILES string of the molecule is C1=CCC=C1.C1=CCC=C1.[Y]. The van der Waals surface area contributed by atoms with Crippen LogP contribution in [0.2, 0.25) is 0 Å². The van der Waals surface area contributed by atoms with Crippen LogP contribution in [0.25, 0.3) is 0 Å². The van der Waals surface area contributed by atoms with Crippen molar-refractivity contribution in [3.05, 3.63) is 48.6 Å². The minimum Gasteiger partial charge on any atom is -0.0808 e. The molecule has 0 aliphatic heterocycles. The zero-order chi connectivity index (χ0) is 7.07. The molecule has 1 heteroatoms. The van der Waals surface area contributed by atoms with E-state index in [2.05, 4.69) is 48.6 Å². The molecule has 0 N–H and O–H groups in total. The van der Waals surface area contributed by atoms with Gasteiger partial charge in [-0.25, -0.2) is 0 Å². The van der Waals surface area contributed by atoms with Gasteiger partial charge in [0.15, 0.2) is 0 Å². The van der Waals surface area contributed by atoms with E-state index in [0.717, 1.165) is 12.8 Å². The van der Waals surface area contributed by atoms with Gasteiger partial charge in [0, 0.05) is 32.7 Å². The van der Waals surface area contributed by atoms with Crippen molar-refractivity contribution in [2.75, 3.05) is 0 Å². The average molecular weight is 221 g/mol. The largest absolute Gasteiger partial charge is 0.0808 e. The van der Waals surface area contributed by atoms with Gasteiger partial charge in [0.05, 0.1) is 0 Å². The predicted molar refractivity (Wildman–Crippen MR) is 45.8 cm³/mol. The molecule has 0 nitrogen and oxygen atoms in total. The minimum atomic E-state index is 0. The Hall–Kier alpha value is 0.0639. The van der Waals surface area contributed by atoms with Crippen molar-refractivity contribution in [3.63, 3.8) is 0 Å². The van der Waals surface area contributed by atoms with E-state index in [-0.39, 0.29) is 32.7 Å². The molecule has 0 spiro atoms. The Bertz CT molecular complexity index is 143. The summed E-state index contributed by atoms with van der Waals surface area (Å²) in [5.74, 6) is 0. The molecule has 0 heterocycles. The van der Waals surface area contributed by atoms with Crippen LogP contribution < -0.4 is 0 Å². The van der Waals surface area contributed by atoms with E-state index in [0.29, 0.717) is 0 Å². The maximum atomic E-state index is 2.12. The molecule has 0 amide bonds. The fourth-order valence-corrected chi connectivity index (χ4v) is 0.786. The molecule has 0 saturated carbocycles. The first-order valence-corrected chi connectivity index (χ1v) is 3.63. The molecular weight excluding hydrogens is 209 g/mol. The molecule has 2 aliphatic carbocycles. The van der Waals surface area contributed by atoms with Gasteiger partial charge in [-0.2, -0.15) is 0 Å². The summed E-state index contributed by atoms with van der Waals surface area (Å²) in [6.45, 7) is 0. The molecule has 55 valence electrons. The van der Waals surface area contributed by atoms with Crippen molar-refractivity contribution in [3.8, 4) is 0 Å². The van der Waals surface area contributed by atoms with Gasteiger partial charge in [-0.15, -0.1) is 0 Å². The molecule has 1 radical (unpaired) electrons. The first-order chi connectivity index (χ1) is 5.00. The van der Waals surface area contributed by atoms with Gasteiger partial charge in [0.25, 0.3) is 0 Å². The monoisotopic (exact) mass is 221 g/mol. The van der Waals surface area contributed by atoms with Gasteiger partial charge in [-0.05, 0) is 12.8 Å². The summed E-state index contributed by atoms with van der Waals surface area (Å²) >= 11 is 0. The molecule has 2 rings (SSSR count). The zero-order valence-corrected chi connectivity index (χ0v) is 9.45. The van der Waals surface area contributed by atoms with Crippen molar-refractivity contribution >= 4 is 0 Å². The Morgan fingerprint density at radius 3 is 0.909 bits per heavy atom. The molecule has 0 fully saturated rings. The van der Waals surface area contributed by atoms with Gasteiger partial charge in [-0.3, -0.25) is 0 Å². The van der Waals surface area contributed by atoms with Crippen LogP contribution in [-0.2, 0) is 32.7 Å². The minimum absolute atomic E-state index is 0. The van der Waals surface area contributed by atoms with E-state index in [9.17, 15) is 0 Å². The Labute approximate surface area is 93.6 Å². The summed E-state index contributed by atoms with van der Waals surface area (Å²) in [5, 5.41) is 0. The summed E-state index contributed by atoms with van der Waals surface area (Å²) in [6.07, 6.45) is 19.0. The van der Waals surface area contributed by atoms with Crippen molar-refractivity contribution in [2.45, 2.75) is 12.8 Å². The van der Waals surface area contributed by atoms with Gasteiger partial charge in [0.1, 0.15) is 0 Å². The van der Waals surface area contributed by atoms with Gasteiger partial charge in [-0.1, -0.05) is 48.6 Å². The quantitative estimate of drug-likeness (QED) is 0.589. The third-order valence-corrected chi connectivity index (χ3v) is 1.31. The molecule has 2 aliphatic rings. The van der Waals surface area contributed by atoms with Crippen molar-refractivity contribution < 1.29 is 32.7 Å². The molecular formula is C10H12Y. The maximum absolute atomic E-state index is 2.12. The summed E-state index contributed by atoms with van der Waals surface area (Å²) in [6, 6.07) is 0. The number of allylic oxidation sites excluding steroid dienone is 8. The Kier molecular flexibility index (Phi) is 8.21. The van der Waals surface area contributed by atoms with Crippen LogP contribution in [0.5, 0.6) is 0 Å². The van der Waals surface area contributed by atoms with Crippen LogP contribution in [0.3, 0.4) is 0 Å². The second kappa shape index (κ2) is 8.16. The topological polar surface area (TPSA) is 0 Å². The van der Waals surface area contributed by atoms with E-state index in [1.165, 1.54) is 0 Å². The fourth-order valence-electron chi connectivity index (χ4n) is 0.786. The Morgan fingerprint density at radius 1 is 0.545 bits per heavy atom. The first-order valence-electron chi connectivity index (χ1n) is 3.63. The number of hydrogen-bond acceptors (Lipinski definition) is 0. The predicted octanol–water partition coefficient (Wildman–Crippen LogP) is 3.00. The van der Waals surface area contributed by atoms with Crippen molar-refractivity contribution in [1.29, 1.82) is 0 Å². The maximum Gasteiger partial charge on any atom is 0 e. The Balaban J connectivity index is 0.000000167. The smallest absolute Gasteiger partial charge is 0 e. The molecule has 0 aromatic rings. The number of rotatable bonds is 0. The molecule has 0 aromatic carbocycles. The van der Waals surface area contributed by atoms with Crippen molar-refractivity contribution in [1.82, 2.24) is 0 Å². The summed E-state index contributed by atoms with van der Waals surface area (Å²) in [4.78, 5) is 0. The standard InChI is InChI=1S/2C5H6.Y/c2*1-2-4-5-3-1;/h2*1-4H,5H2;. The third-order valence-electron chi connectivity index (χ3n) is 1.31. The van der Waals surface area contributed by atoms with Crippen LogP contribution in [0, 0.1) is 0 Å². The molecule has 0 atom stereocenters. The first kappa shape index (κ1) is 11.1. The van der Waals surface area contributed by atoms with Crippen LogP contribution in [0.4, 0.5) is 0 Å². The third kappa shape index (κ3) is 6.46. The van der Waals surface area contributed by atoms with E-state index >= 15 is 0 Å². The van der Waals surface area contributed by atoms with Gasteiger partial charge in [0.2, 0.25) is 0 Å². The molecule has 0 unspecified atom stereocenters. The van der Waals surface area contributed by atoms with Crippen LogP contribution in [-0.4, -0.2) is 0 Å². The van der Waals surface area contributed by atoms with E-state index in [1.807, 2.05) is 0 Å². The van der Waals surface area contributed by atoms with Crippen LogP contribution in [0.15, 0.2) is 48.6 Å². The van der Waals surface area contributed by atoms with E-state index in [1.54, 1.807) is 0 Å².